The second-order valence-corrected chi connectivity index (χ2v) is 18.1. The molecule has 0 unspecified atom stereocenters. The van der Waals surface area contributed by atoms with Gasteiger partial charge < -0.3 is 14.5 Å². The number of nitrogens with zero attached hydrogens (tertiary/aromatic N) is 3. The van der Waals surface area contributed by atoms with Crippen molar-refractivity contribution < 1.29 is 14.3 Å². The number of piperazine rings is 1. The number of amides is 1. The summed E-state index contributed by atoms with van der Waals surface area (Å²) in [6.07, 6.45) is 12.1. The third kappa shape index (κ3) is 4.82. The van der Waals surface area contributed by atoms with Crippen LogP contribution in [0.5, 0.6) is 0 Å². The Hall–Kier alpha value is -1.71. The molecule has 6 aliphatic rings. The zero-order chi connectivity index (χ0) is 32.6. The Kier molecular flexibility index (Phi) is 8.25. The molecule has 6 rings (SSSR count). The maximum absolute atomic E-state index is 14.8. The number of ketones is 1. The normalized spacial score (nSPS) is 46.2. The van der Waals surface area contributed by atoms with Crippen LogP contribution in [0.15, 0.2) is 11.6 Å². The van der Waals surface area contributed by atoms with Crippen molar-refractivity contribution in [2.75, 3.05) is 39.3 Å². The third-order valence-corrected chi connectivity index (χ3v) is 15.7. The highest BCUT2D eigenvalue weighted by atomic mass is 16.5. The predicted octanol–water partition coefficient (Wildman–Crippen LogP) is 7.43. The molecule has 6 nitrogen and oxygen atoms in total. The number of carbonyl (C=O) groups is 2. The summed E-state index contributed by atoms with van der Waals surface area (Å²) >= 11 is 0. The number of hydrogen-bond acceptors (Lipinski definition) is 5. The van der Waals surface area contributed by atoms with E-state index in [0.717, 1.165) is 84.1 Å². The van der Waals surface area contributed by atoms with Gasteiger partial charge in [-0.2, -0.15) is 5.26 Å². The van der Waals surface area contributed by atoms with Crippen molar-refractivity contribution in [1.82, 2.24) is 9.80 Å². The van der Waals surface area contributed by atoms with Gasteiger partial charge in [0.2, 0.25) is 5.91 Å². The van der Waals surface area contributed by atoms with Crippen molar-refractivity contribution in [3.63, 3.8) is 0 Å². The number of allylic oxidation sites excluding steroid dienone is 2. The maximum Gasteiger partial charge on any atom is 0.228 e. The molecule has 5 aliphatic carbocycles. The largest absolute Gasteiger partial charge is 0.377 e. The first-order valence-electron chi connectivity index (χ1n) is 18.4. The highest BCUT2D eigenvalue weighted by Gasteiger charge is 2.70. The zero-order valence-corrected chi connectivity index (χ0v) is 29.8. The Morgan fingerprint density at radius 3 is 2.31 bits per heavy atom. The smallest absolute Gasteiger partial charge is 0.228 e. The molecule has 9 atom stereocenters. The molecule has 0 N–H and O–H groups in total. The van der Waals surface area contributed by atoms with Gasteiger partial charge in [-0.25, -0.2) is 0 Å². The number of ether oxygens (including phenoxy) is 1. The standard InChI is InChI=1S/C39H61N3O3/c1-9-41-20-22-42(23-21-41)33(44)36(5)16-15-35(4)17-18-38(7)27(28(35)26-36)25-29(43)32-37(6)13-12-31(45-24-10-19-40)34(2,3)30(37)11-14-39(32,38)8/h25,28,30-32H,9-18,20-24,26H2,1-8H3/t28-,30-,31-,32+,35+,36-,37-,38+,39+/m0/s1. The number of likely N-dealkylation sites (N-methyl/N-ethyl adjacent to an activating group) is 1. The average Bonchev–Trinajstić information content (AvgIpc) is 3.00. The molecule has 0 bridgehead atoms. The molecule has 6 heteroatoms. The topological polar surface area (TPSA) is 73.6 Å². The first-order valence-corrected chi connectivity index (χ1v) is 18.4. The van der Waals surface area contributed by atoms with Crippen LogP contribution in [0.1, 0.15) is 120 Å². The Bertz CT molecular complexity index is 1280. The molecule has 5 fully saturated rings. The number of nitriles is 1. The first kappa shape index (κ1) is 33.2. The predicted molar refractivity (Wildman–Crippen MR) is 178 cm³/mol. The van der Waals surface area contributed by atoms with Crippen LogP contribution in [-0.2, 0) is 14.3 Å². The third-order valence-electron chi connectivity index (χ3n) is 15.7. The molecule has 0 aromatic heterocycles. The van der Waals surface area contributed by atoms with E-state index in [1.807, 2.05) is 0 Å². The molecule has 1 saturated heterocycles. The molecule has 4 saturated carbocycles. The molecular formula is C39H61N3O3. The van der Waals surface area contributed by atoms with E-state index < -0.39 is 0 Å². The van der Waals surface area contributed by atoms with Crippen LogP contribution in [0.2, 0.25) is 0 Å². The van der Waals surface area contributed by atoms with Gasteiger partial charge in [-0.1, -0.05) is 61.0 Å². The lowest BCUT2D eigenvalue weighted by atomic mass is 9.33. The summed E-state index contributed by atoms with van der Waals surface area (Å²) in [5.74, 6) is 1.40. The Labute approximate surface area is 273 Å². The molecule has 0 radical (unpaired) electrons. The quantitative estimate of drug-likeness (QED) is 0.299. The molecule has 1 aliphatic heterocycles. The molecule has 0 aromatic rings. The highest BCUT2D eigenvalue weighted by molar-refractivity contribution is 5.95. The van der Waals surface area contributed by atoms with Crippen LogP contribution in [0.4, 0.5) is 0 Å². The van der Waals surface area contributed by atoms with Crippen LogP contribution in [-0.4, -0.2) is 66.9 Å². The van der Waals surface area contributed by atoms with Gasteiger partial charge in [-0.05, 0) is 109 Å². The second-order valence-electron chi connectivity index (χ2n) is 18.1. The van der Waals surface area contributed by atoms with Crippen LogP contribution >= 0.6 is 0 Å². The van der Waals surface area contributed by atoms with Gasteiger partial charge in [0, 0.05) is 37.5 Å². The maximum atomic E-state index is 14.8. The van der Waals surface area contributed by atoms with Crippen LogP contribution in [0, 0.1) is 61.6 Å². The van der Waals surface area contributed by atoms with Crippen LogP contribution in [0.25, 0.3) is 0 Å². The Morgan fingerprint density at radius 1 is 0.956 bits per heavy atom. The lowest BCUT2D eigenvalue weighted by Crippen LogP contribution is -2.67. The zero-order valence-electron chi connectivity index (χ0n) is 29.8. The average molecular weight is 620 g/mol. The molecular weight excluding hydrogens is 558 g/mol. The van der Waals surface area contributed by atoms with Crippen molar-refractivity contribution in [2.24, 2.45) is 50.2 Å². The minimum atomic E-state index is -0.365. The SMILES string of the molecule is CCN1CCN(C(=O)[C@@]2(C)CC[C@]3(C)CC[C@]4(C)C(=CC(=O)[C@@H]5[C@@]6(C)CC[C@H](OCCC#N)C(C)(C)[C@@H]6CC[C@]54C)[C@@H]3C2)CC1. The van der Waals surface area contributed by atoms with E-state index >= 15 is 0 Å². The van der Waals surface area contributed by atoms with Gasteiger partial charge in [0.05, 0.1) is 25.2 Å². The number of fused-ring (bicyclic) bond motifs is 7. The number of carbonyl (C=O) groups excluding carboxylic acids is 2. The van der Waals surface area contributed by atoms with Crippen molar-refractivity contribution in [2.45, 2.75) is 126 Å². The highest BCUT2D eigenvalue weighted by Crippen LogP contribution is 2.75. The number of rotatable bonds is 5. The fourth-order valence-corrected chi connectivity index (χ4v) is 12.5. The summed E-state index contributed by atoms with van der Waals surface area (Å²) in [7, 11) is 0. The molecule has 45 heavy (non-hydrogen) atoms. The van der Waals surface area contributed by atoms with E-state index in [2.05, 4.69) is 77.3 Å². The van der Waals surface area contributed by atoms with E-state index in [4.69, 9.17) is 10.00 Å². The summed E-state index contributed by atoms with van der Waals surface area (Å²) in [4.78, 5) is 33.6. The summed E-state index contributed by atoms with van der Waals surface area (Å²) in [5, 5.41) is 9.09. The summed E-state index contributed by atoms with van der Waals surface area (Å²) in [5.41, 5.74) is 0.916. The van der Waals surface area contributed by atoms with E-state index in [-0.39, 0.29) is 50.4 Å². The van der Waals surface area contributed by atoms with E-state index in [9.17, 15) is 9.59 Å². The molecule has 0 aromatic carbocycles. The van der Waals surface area contributed by atoms with Crippen molar-refractivity contribution in [3.8, 4) is 6.07 Å². The Balaban J connectivity index is 1.31. The van der Waals surface area contributed by atoms with Crippen molar-refractivity contribution >= 4 is 11.7 Å². The fourth-order valence-electron chi connectivity index (χ4n) is 12.5. The van der Waals surface area contributed by atoms with Gasteiger partial charge in [0.25, 0.3) is 0 Å². The molecule has 1 heterocycles. The first-order chi connectivity index (χ1) is 21.1. The van der Waals surface area contributed by atoms with E-state index in [1.165, 1.54) is 12.0 Å². The van der Waals surface area contributed by atoms with Crippen molar-refractivity contribution in [3.05, 3.63) is 11.6 Å². The fraction of sp³-hybridized carbons (Fsp3) is 0.872. The Morgan fingerprint density at radius 2 is 1.64 bits per heavy atom. The monoisotopic (exact) mass is 619 g/mol. The van der Waals surface area contributed by atoms with E-state index in [0.29, 0.717) is 30.6 Å². The van der Waals surface area contributed by atoms with Gasteiger partial charge in [0.1, 0.15) is 0 Å². The molecule has 250 valence electrons. The van der Waals surface area contributed by atoms with Gasteiger partial charge in [0.15, 0.2) is 5.78 Å². The molecule has 1 amide bonds. The van der Waals surface area contributed by atoms with Crippen LogP contribution < -0.4 is 0 Å². The second kappa shape index (κ2) is 11.2. The molecule has 0 spiro atoms. The van der Waals surface area contributed by atoms with E-state index in [1.54, 1.807) is 0 Å². The lowest BCUT2D eigenvalue weighted by molar-refractivity contribution is -0.209. The summed E-state index contributed by atoms with van der Waals surface area (Å²) in [6, 6.07) is 2.23. The lowest BCUT2D eigenvalue weighted by Gasteiger charge is -2.70. The summed E-state index contributed by atoms with van der Waals surface area (Å²) < 4.78 is 6.34. The number of hydrogen-bond donors (Lipinski definition) is 0. The van der Waals surface area contributed by atoms with Crippen LogP contribution in [0.3, 0.4) is 0 Å². The van der Waals surface area contributed by atoms with Gasteiger partial charge in [-0.3, -0.25) is 9.59 Å². The minimum absolute atomic E-state index is 0.00709. The van der Waals surface area contributed by atoms with Gasteiger partial charge in [-0.15, -0.1) is 0 Å². The minimum Gasteiger partial charge on any atom is -0.377 e. The summed E-state index contributed by atoms with van der Waals surface area (Å²) in [6.45, 7) is 24.2. The van der Waals surface area contributed by atoms with Gasteiger partial charge >= 0.3 is 0 Å². The van der Waals surface area contributed by atoms with Crippen molar-refractivity contribution in [1.29, 1.82) is 5.26 Å².